The maximum Gasteiger partial charge on any atom is 0.191 e. The fraction of sp³-hybridized carbons (Fsp3) is 0.947. The van der Waals surface area contributed by atoms with E-state index in [2.05, 4.69) is 48.2 Å². The zero-order valence-electron chi connectivity index (χ0n) is 17.5. The minimum absolute atomic E-state index is 0.129. The van der Waals surface area contributed by atoms with E-state index in [0.29, 0.717) is 13.0 Å². The average Bonchev–Trinajstić information content (AvgIpc) is 2.56. The Labute approximate surface area is 161 Å². The molecule has 1 fully saturated rings. The second-order valence-electron chi connectivity index (χ2n) is 8.54. The number of piperidine rings is 1. The second-order valence-corrected chi connectivity index (χ2v) is 10.8. The van der Waals surface area contributed by atoms with Crippen LogP contribution in [0.2, 0.25) is 0 Å². The average molecular weight is 389 g/mol. The number of sulfone groups is 1. The first-order valence-corrected chi connectivity index (χ1v) is 12.1. The highest BCUT2D eigenvalue weighted by atomic mass is 32.2. The minimum atomic E-state index is -2.92. The first-order chi connectivity index (χ1) is 12.1. The van der Waals surface area contributed by atoms with E-state index in [9.17, 15) is 8.42 Å². The molecule has 0 radical (unpaired) electrons. The Morgan fingerprint density at radius 3 is 2.46 bits per heavy atom. The third-order valence-corrected chi connectivity index (χ3v) is 5.92. The van der Waals surface area contributed by atoms with Crippen LogP contribution in [0.25, 0.3) is 0 Å². The molecule has 1 aliphatic rings. The van der Waals surface area contributed by atoms with Gasteiger partial charge in [0, 0.05) is 25.9 Å². The van der Waals surface area contributed by atoms with E-state index in [1.54, 1.807) is 0 Å². The molecular formula is C19H40N4O2S. The van der Waals surface area contributed by atoms with Gasteiger partial charge in [-0.25, -0.2) is 8.42 Å². The molecule has 1 aliphatic heterocycles. The van der Waals surface area contributed by atoms with Crippen LogP contribution in [0.15, 0.2) is 4.99 Å². The van der Waals surface area contributed by atoms with Crippen LogP contribution in [-0.2, 0) is 9.84 Å². The molecule has 0 saturated carbocycles. The van der Waals surface area contributed by atoms with Crippen molar-refractivity contribution in [3.8, 4) is 0 Å². The van der Waals surface area contributed by atoms with Crippen molar-refractivity contribution < 1.29 is 8.42 Å². The largest absolute Gasteiger partial charge is 0.357 e. The molecule has 1 saturated heterocycles. The van der Waals surface area contributed by atoms with Crippen molar-refractivity contribution >= 4 is 15.8 Å². The van der Waals surface area contributed by atoms with Crippen LogP contribution < -0.4 is 10.6 Å². The van der Waals surface area contributed by atoms with E-state index in [4.69, 9.17) is 0 Å². The van der Waals surface area contributed by atoms with Crippen molar-refractivity contribution in [3.63, 3.8) is 0 Å². The van der Waals surface area contributed by atoms with Crippen LogP contribution in [0, 0.1) is 11.3 Å². The van der Waals surface area contributed by atoms with E-state index >= 15 is 0 Å². The van der Waals surface area contributed by atoms with Gasteiger partial charge in [0.2, 0.25) is 0 Å². The highest BCUT2D eigenvalue weighted by molar-refractivity contribution is 7.90. The summed E-state index contributed by atoms with van der Waals surface area (Å²) in [6.45, 7) is 14.5. The van der Waals surface area contributed by atoms with E-state index in [-0.39, 0.29) is 11.2 Å². The van der Waals surface area contributed by atoms with Gasteiger partial charge in [0.1, 0.15) is 9.84 Å². The van der Waals surface area contributed by atoms with Crippen molar-refractivity contribution in [2.24, 2.45) is 16.3 Å². The number of likely N-dealkylation sites (tertiary alicyclic amines) is 1. The molecule has 2 N–H and O–H groups in total. The number of aliphatic imine (C=N–C) groups is 1. The predicted octanol–water partition coefficient (Wildman–Crippen LogP) is 2.12. The SMILES string of the molecule is CCNC(=NCC(C)(C)CCS(C)(=O)=O)NCCCN1CCC(C)CC1. The summed E-state index contributed by atoms with van der Waals surface area (Å²) in [5, 5.41) is 6.69. The monoisotopic (exact) mass is 388 g/mol. The Balaban J connectivity index is 2.35. The third kappa shape index (κ3) is 11.0. The summed E-state index contributed by atoms with van der Waals surface area (Å²) in [5.74, 6) is 1.92. The lowest BCUT2D eigenvalue weighted by atomic mass is 9.90. The summed E-state index contributed by atoms with van der Waals surface area (Å²) in [6.07, 6.45) is 5.67. The molecule has 7 heteroatoms. The van der Waals surface area contributed by atoms with Crippen LogP contribution in [0.4, 0.5) is 0 Å². The Kier molecular flexibility index (Phi) is 9.93. The zero-order valence-corrected chi connectivity index (χ0v) is 18.3. The van der Waals surface area contributed by atoms with Crippen molar-refractivity contribution in [2.45, 2.75) is 53.4 Å². The molecule has 1 rings (SSSR count). The molecule has 0 aliphatic carbocycles. The van der Waals surface area contributed by atoms with Gasteiger partial charge in [-0.3, -0.25) is 4.99 Å². The molecule has 0 aromatic rings. The van der Waals surface area contributed by atoms with E-state index < -0.39 is 9.84 Å². The van der Waals surface area contributed by atoms with Crippen molar-refractivity contribution in [3.05, 3.63) is 0 Å². The lowest BCUT2D eigenvalue weighted by Crippen LogP contribution is -2.40. The lowest BCUT2D eigenvalue weighted by molar-refractivity contribution is 0.191. The van der Waals surface area contributed by atoms with Crippen LogP contribution in [0.1, 0.15) is 53.4 Å². The number of rotatable bonds is 10. The molecule has 1 heterocycles. The van der Waals surface area contributed by atoms with E-state index in [1.807, 2.05) is 0 Å². The zero-order chi connectivity index (χ0) is 19.6. The maximum absolute atomic E-state index is 11.4. The summed E-state index contributed by atoms with van der Waals surface area (Å²) < 4.78 is 22.8. The van der Waals surface area contributed by atoms with E-state index in [0.717, 1.165) is 37.9 Å². The number of nitrogens with zero attached hydrogens (tertiary/aromatic N) is 2. The first-order valence-electron chi connectivity index (χ1n) is 10.0. The maximum atomic E-state index is 11.4. The Morgan fingerprint density at radius 1 is 1.23 bits per heavy atom. The summed E-state index contributed by atoms with van der Waals surface area (Å²) in [6, 6.07) is 0. The standard InChI is InChI=1S/C19H40N4O2S/c1-6-20-18(22-16-19(3,4)10-15-26(5,24)25)21-11-7-12-23-13-8-17(2)9-14-23/h17H,6-16H2,1-5H3,(H2,20,21,22). The van der Waals surface area contributed by atoms with Gasteiger partial charge in [-0.05, 0) is 63.6 Å². The molecule has 154 valence electrons. The lowest BCUT2D eigenvalue weighted by Gasteiger charge is -2.30. The van der Waals surface area contributed by atoms with Crippen LogP contribution in [0.5, 0.6) is 0 Å². The van der Waals surface area contributed by atoms with Gasteiger partial charge in [0.25, 0.3) is 0 Å². The number of hydrogen-bond acceptors (Lipinski definition) is 4. The van der Waals surface area contributed by atoms with Crippen molar-refractivity contribution in [1.29, 1.82) is 0 Å². The Morgan fingerprint density at radius 2 is 1.88 bits per heavy atom. The predicted molar refractivity (Wildman–Crippen MR) is 112 cm³/mol. The molecule has 0 spiro atoms. The highest BCUT2D eigenvalue weighted by Gasteiger charge is 2.20. The summed E-state index contributed by atoms with van der Waals surface area (Å²) >= 11 is 0. The fourth-order valence-electron chi connectivity index (χ4n) is 2.97. The summed E-state index contributed by atoms with van der Waals surface area (Å²) in [5.41, 5.74) is -0.129. The fourth-order valence-corrected chi connectivity index (χ4v) is 3.89. The van der Waals surface area contributed by atoms with Gasteiger partial charge < -0.3 is 15.5 Å². The van der Waals surface area contributed by atoms with E-state index in [1.165, 1.54) is 32.2 Å². The van der Waals surface area contributed by atoms with Gasteiger partial charge in [-0.15, -0.1) is 0 Å². The van der Waals surface area contributed by atoms with Gasteiger partial charge in [0.15, 0.2) is 5.96 Å². The minimum Gasteiger partial charge on any atom is -0.357 e. The molecule has 0 aromatic carbocycles. The van der Waals surface area contributed by atoms with Gasteiger partial charge >= 0.3 is 0 Å². The van der Waals surface area contributed by atoms with Crippen LogP contribution in [-0.4, -0.2) is 70.6 Å². The summed E-state index contributed by atoms with van der Waals surface area (Å²) in [4.78, 5) is 7.22. The first kappa shape index (κ1) is 23.2. The smallest absolute Gasteiger partial charge is 0.191 e. The molecule has 0 bridgehead atoms. The van der Waals surface area contributed by atoms with Gasteiger partial charge in [-0.1, -0.05) is 20.8 Å². The molecule has 6 nitrogen and oxygen atoms in total. The highest BCUT2D eigenvalue weighted by Crippen LogP contribution is 2.21. The van der Waals surface area contributed by atoms with Gasteiger partial charge in [-0.2, -0.15) is 0 Å². The second kappa shape index (κ2) is 11.1. The number of hydrogen-bond donors (Lipinski definition) is 2. The third-order valence-electron chi connectivity index (χ3n) is 4.98. The number of nitrogens with one attached hydrogen (secondary N) is 2. The van der Waals surface area contributed by atoms with Crippen LogP contribution >= 0.6 is 0 Å². The molecular weight excluding hydrogens is 348 g/mol. The quantitative estimate of drug-likeness (QED) is 0.341. The Bertz CT molecular complexity index is 524. The normalized spacial score (nSPS) is 18.1. The number of guanidine groups is 1. The molecule has 0 unspecified atom stereocenters. The van der Waals surface area contributed by atoms with Crippen molar-refractivity contribution in [2.75, 3.05) is 51.3 Å². The molecule has 0 atom stereocenters. The molecule has 0 aromatic heterocycles. The molecule has 26 heavy (non-hydrogen) atoms. The van der Waals surface area contributed by atoms with Crippen LogP contribution in [0.3, 0.4) is 0 Å². The molecule has 0 amide bonds. The summed E-state index contributed by atoms with van der Waals surface area (Å²) in [7, 11) is -2.92. The van der Waals surface area contributed by atoms with Gasteiger partial charge in [0.05, 0.1) is 5.75 Å². The Hall–Kier alpha value is -0.820. The van der Waals surface area contributed by atoms with Crippen molar-refractivity contribution in [1.82, 2.24) is 15.5 Å². The topological polar surface area (TPSA) is 73.8 Å².